The molecule has 0 heterocycles. The van der Waals surface area contributed by atoms with Crippen LogP contribution in [0, 0.1) is 0 Å². The van der Waals surface area contributed by atoms with Crippen LogP contribution in [-0.4, -0.2) is 43.9 Å². The third-order valence-corrected chi connectivity index (χ3v) is 4.89. The molecular formula is C21H36N2O2S. The van der Waals surface area contributed by atoms with Crippen LogP contribution >= 0.6 is 12.2 Å². The molecule has 1 N–H and O–H groups in total. The number of thiocarbonyl (C=S) groups is 1. The van der Waals surface area contributed by atoms with Gasteiger partial charge in [0, 0.05) is 19.6 Å². The molecule has 0 fully saturated rings. The van der Waals surface area contributed by atoms with Crippen molar-refractivity contribution in [2.45, 2.75) is 58.8 Å². The highest BCUT2D eigenvalue weighted by molar-refractivity contribution is 7.80. The Morgan fingerprint density at radius 1 is 0.962 bits per heavy atom. The van der Waals surface area contributed by atoms with E-state index < -0.39 is 0 Å². The normalized spacial score (nSPS) is 10.5. The summed E-state index contributed by atoms with van der Waals surface area (Å²) in [5, 5.41) is 4.32. The fourth-order valence-corrected chi connectivity index (χ4v) is 3.17. The number of rotatable bonds is 13. The molecule has 0 amide bonds. The maximum atomic E-state index is 5.65. The SMILES string of the molecule is CCCCCN(CCCCC)C(=S)NCCc1ccc(OC)c(OC)c1. The summed E-state index contributed by atoms with van der Waals surface area (Å²) in [6, 6.07) is 6.06. The minimum atomic E-state index is 0.762. The molecule has 0 unspecified atom stereocenters. The molecule has 0 saturated heterocycles. The third kappa shape index (κ3) is 8.26. The summed E-state index contributed by atoms with van der Waals surface area (Å²) in [5.74, 6) is 1.53. The topological polar surface area (TPSA) is 33.7 Å². The smallest absolute Gasteiger partial charge is 0.168 e. The number of nitrogens with one attached hydrogen (secondary N) is 1. The second-order valence-corrected chi connectivity index (χ2v) is 6.96. The van der Waals surface area contributed by atoms with Gasteiger partial charge in [0.05, 0.1) is 14.2 Å². The number of hydrogen-bond donors (Lipinski definition) is 1. The van der Waals surface area contributed by atoms with Gasteiger partial charge in [0.25, 0.3) is 0 Å². The molecule has 0 bridgehead atoms. The van der Waals surface area contributed by atoms with Gasteiger partial charge in [-0.2, -0.15) is 0 Å². The van der Waals surface area contributed by atoms with Gasteiger partial charge in [-0.25, -0.2) is 0 Å². The number of benzene rings is 1. The number of unbranched alkanes of at least 4 members (excludes halogenated alkanes) is 4. The first kappa shape index (κ1) is 22.6. The summed E-state index contributed by atoms with van der Waals surface area (Å²) in [5.41, 5.74) is 1.21. The van der Waals surface area contributed by atoms with Crippen molar-refractivity contribution in [1.82, 2.24) is 10.2 Å². The molecule has 1 rings (SSSR count). The van der Waals surface area contributed by atoms with E-state index in [-0.39, 0.29) is 0 Å². The maximum Gasteiger partial charge on any atom is 0.168 e. The number of ether oxygens (including phenoxy) is 2. The van der Waals surface area contributed by atoms with Crippen molar-refractivity contribution in [3.63, 3.8) is 0 Å². The predicted octanol–water partition coefficient (Wildman–Crippen LogP) is 4.80. The van der Waals surface area contributed by atoms with E-state index in [0.717, 1.165) is 42.7 Å². The Kier molecular flexibility index (Phi) is 11.9. The molecular weight excluding hydrogens is 344 g/mol. The van der Waals surface area contributed by atoms with Crippen LogP contribution in [-0.2, 0) is 6.42 Å². The molecule has 0 saturated carbocycles. The van der Waals surface area contributed by atoms with Gasteiger partial charge < -0.3 is 19.7 Å². The van der Waals surface area contributed by atoms with Crippen molar-refractivity contribution in [3.05, 3.63) is 23.8 Å². The van der Waals surface area contributed by atoms with Gasteiger partial charge in [0.1, 0.15) is 0 Å². The zero-order valence-corrected chi connectivity index (χ0v) is 17.8. The summed E-state index contributed by atoms with van der Waals surface area (Å²) < 4.78 is 10.7. The minimum Gasteiger partial charge on any atom is -0.493 e. The highest BCUT2D eigenvalue weighted by Gasteiger charge is 2.09. The van der Waals surface area contributed by atoms with E-state index in [1.807, 2.05) is 12.1 Å². The van der Waals surface area contributed by atoms with Crippen molar-refractivity contribution in [2.75, 3.05) is 33.9 Å². The lowest BCUT2D eigenvalue weighted by molar-refractivity contribution is 0.354. The van der Waals surface area contributed by atoms with E-state index >= 15 is 0 Å². The lowest BCUT2D eigenvalue weighted by Gasteiger charge is -2.26. The van der Waals surface area contributed by atoms with Crippen molar-refractivity contribution in [1.29, 1.82) is 0 Å². The quantitative estimate of drug-likeness (QED) is 0.392. The fraction of sp³-hybridized carbons (Fsp3) is 0.667. The molecule has 0 aliphatic heterocycles. The van der Waals surface area contributed by atoms with Crippen LogP contribution in [0.25, 0.3) is 0 Å². The Balaban J connectivity index is 2.49. The van der Waals surface area contributed by atoms with Crippen LogP contribution in [0.15, 0.2) is 18.2 Å². The van der Waals surface area contributed by atoms with Crippen molar-refractivity contribution < 1.29 is 9.47 Å². The van der Waals surface area contributed by atoms with Gasteiger partial charge in [-0.3, -0.25) is 0 Å². The first-order chi connectivity index (χ1) is 12.7. The third-order valence-electron chi connectivity index (χ3n) is 4.49. The average molecular weight is 381 g/mol. The zero-order chi connectivity index (χ0) is 19.2. The predicted molar refractivity (Wildman–Crippen MR) is 114 cm³/mol. The van der Waals surface area contributed by atoms with E-state index in [9.17, 15) is 0 Å². The molecule has 1 aromatic carbocycles. The molecule has 0 aliphatic carbocycles. The van der Waals surface area contributed by atoms with Gasteiger partial charge in [-0.05, 0) is 49.2 Å². The summed E-state index contributed by atoms with van der Waals surface area (Å²) >= 11 is 5.65. The molecule has 4 nitrogen and oxygen atoms in total. The van der Waals surface area contributed by atoms with Gasteiger partial charge in [0.15, 0.2) is 16.6 Å². The molecule has 0 aliphatic rings. The summed E-state index contributed by atoms with van der Waals surface area (Å²) in [6.07, 6.45) is 8.32. The van der Waals surface area contributed by atoms with Crippen LogP contribution < -0.4 is 14.8 Å². The lowest BCUT2D eigenvalue weighted by atomic mass is 10.1. The van der Waals surface area contributed by atoms with Crippen LogP contribution in [0.5, 0.6) is 11.5 Å². The molecule has 26 heavy (non-hydrogen) atoms. The zero-order valence-electron chi connectivity index (χ0n) is 17.0. The molecule has 1 aromatic rings. The highest BCUT2D eigenvalue weighted by Crippen LogP contribution is 2.27. The van der Waals surface area contributed by atoms with E-state index in [4.69, 9.17) is 21.7 Å². The first-order valence-corrected chi connectivity index (χ1v) is 10.3. The molecule has 0 atom stereocenters. The Morgan fingerprint density at radius 2 is 1.58 bits per heavy atom. The molecule has 148 valence electrons. The Morgan fingerprint density at radius 3 is 2.12 bits per heavy atom. The number of nitrogens with zero attached hydrogens (tertiary/aromatic N) is 1. The minimum absolute atomic E-state index is 0.762. The molecule has 5 heteroatoms. The second-order valence-electron chi connectivity index (χ2n) is 6.57. The Labute approximate surface area is 165 Å². The Hall–Kier alpha value is -1.49. The van der Waals surface area contributed by atoms with Crippen LogP contribution in [0.2, 0.25) is 0 Å². The van der Waals surface area contributed by atoms with Gasteiger partial charge >= 0.3 is 0 Å². The summed E-state index contributed by atoms with van der Waals surface area (Å²) in [6.45, 7) is 7.41. The van der Waals surface area contributed by atoms with Crippen LogP contribution in [0.4, 0.5) is 0 Å². The molecule has 0 aromatic heterocycles. The van der Waals surface area contributed by atoms with Gasteiger partial charge in [-0.1, -0.05) is 45.6 Å². The standard InChI is InChI=1S/C21H36N2O2S/c1-5-7-9-15-23(16-10-8-6-2)21(26)22-14-13-18-11-12-19(24-3)20(17-18)25-4/h11-12,17H,5-10,13-16H2,1-4H3,(H,22,26). The maximum absolute atomic E-state index is 5.65. The monoisotopic (exact) mass is 380 g/mol. The van der Waals surface area contributed by atoms with Crippen molar-refractivity contribution in [3.8, 4) is 11.5 Å². The largest absolute Gasteiger partial charge is 0.493 e. The number of methoxy groups -OCH3 is 2. The average Bonchev–Trinajstić information content (AvgIpc) is 2.66. The van der Waals surface area contributed by atoms with Crippen LogP contribution in [0.1, 0.15) is 57.9 Å². The molecule has 0 radical (unpaired) electrons. The Bertz CT molecular complexity index is 513. The van der Waals surface area contributed by atoms with E-state index in [1.165, 1.54) is 44.1 Å². The van der Waals surface area contributed by atoms with Gasteiger partial charge in [-0.15, -0.1) is 0 Å². The highest BCUT2D eigenvalue weighted by atomic mass is 32.1. The lowest BCUT2D eigenvalue weighted by Crippen LogP contribution is -2.41. The van der Waals surface area contributed by atoms with E-state index in [2.05, 4.69) is 30.1 Å². The first-order valence-electron chi connectivity index (χ1n) is 9.89. The van der Waals surface area contributed by atoms with Crippen molar-refractivity contribution in [2.24, 2.45) is 0 Å². The van der Waals surface area contributed by atoms with Gasteiger partial charge in [0.2, 0.25) is 0 Å². The summed E-state index contributed by atoms with van der Waals surface area (Å²) in [7, 11) is 3.32. The number of hydrogen-bond acceptors (Lipinski definition) is 3. The van der Waals surface area contributed by atoms with E-state index in [1.54, 1.807) is 14.2 Å². The van der Waals surface area contributed by atoms with E-state index in [0.29, 0.717) is 0 Å². The second kappa shape index (κ2) is 13.7. The van der Waals surface area contributed by atoms with Crippen LogP contribution in [0.3, 0.4) is 0 Å². The summed E-state index contributed by atoms with van der Waals surface area (Å²) in [4.78, 5) is 2.34. The fourth-order valence-electron chi connectivity index (χ4n) is 2.88. The van der Waals surface area contributed by atoms with Crippen molar-refractivity contribution >= 4 is 17.3 Å². The molecule has 0 spiro atoms.